The number of ether oxygens (including phenoxy) is 2. The van der Waals surface area contributed by atoms with Gasteiger partial charge in [0.05, 0.1) is 14.2 Å². The van der Waals surface area contributed by atoms with Crippen molar-refractivity contribution in [3.05, 3.63) is 84.4 Å². The van der Waals surface area contributed by atoms with E-state index in [1.165, 1.54) is 4.90 Å². The third-order valence-corrected chi connectivity index (χ3v) is 4.09. The molecule has 0 aliphatic rings. The normalized spacial score (nSPS) is 10.1. The van der Waals surface area contributed by atoms with E-state index < -0.39 is 11.7 Å². The molecule has 3 aromatic carbocycles. The van der Waals surface area contributed by atoms with Gasteiger partial charge in [-0.05, 0) is 48.5 Å². The first-order chi connectivity index (χ1) is 13.1. The highest BCUT2D eigenvalue weighted by Crippen LogP contribution is 2.29. The maximum atomic E-state index is 13.1. The highest BCUT2D eigenvalue weighted by molar-refractivity contribution is 6.48. The van der Waals surface area contributed by atoms with Crippen molar-refractivity contribution in [2.45, 2.75) is 0 Å². The monoisotopic (exact) mass is 361 g/mol. The van der Waals surface area contributed by atoms with Gasteiger partial charge in [0.1, 0.15) is 11.5 Å². The lowest BCUT2D eigenvalue weighted by Gasteiger charge is -2.23. The molecule has 0 bridgehead atoms. The van der Waals surface area contributed by atoms with Crippen LogP contribution in [0.4, 0.5) is 11.4 Å². The van der Waals surface area contributed by atoms with E-state index in [1.54, 1.807) is 93.1 Å². The molecule has 0 heterocycles. The molecule has 3 aromatic rings. The Morgan fingerprint density at radius 3 is 1.52 bits per heavy atom. The Morgan fingerprint density at radius 2 is 1.11 bits per heavy atom. The Bertz CT molecular complexity index is 871. The number of nitrogens with zero attached hydrogens (tertiary/aromatic N) is 1. The van der Waals surface area contributed by atoms with Gasteiger partial charge in [-0.1, -0.05) is 30.3 Å². The predicted molar refractivity (Wildman–Crippen MR) is 104 cm³/mol. The van der Waals surface area contributed by atoms with Gasteiger partial charge in [0, 0.05) is 16.9 Å². The van der Waals surface area contributed by atoms with Crippen molar-refractivity contribution in [3.63, 3.8) is 0 Å². The largest absolute Gasteiger partial charge is 0.497 e. The van der Waals surface area contributed by atoms with E-state index in [1.807, 2.05) is 0 Å². The van der Waals surface area contributed by atoms with Crippen LogP contribution in [0.2, 0.25) is 0 Å². The summed E-state index contributed by atoms with van der Waals surface area (Å²) in [5, 5.41) is 0. The van der Waals surface area contributed by atoms with Gasteiger partial charge >= 0.3 is 5.91 Å². The third kappa shape index (κ3) is 3.98. The zero-order valence-electron chi connectivity index (χ0n) is 15.1. The minimum absolute atomic E-state index is 0.342. The van der Waals surface area contributed by atoms with Gasteiger partial charge in [0.15, 0.2) is 0 Å². The van der Waals surface area contributed by atoms with Gasteiger partial charge in [0.2, 0.25) is 0 Å². The second kappa shape index (κ2) is 8.19. The van der Waals surface area contributed by atoms with Crippen molar-refractivity contribution in [1.29, 1.82) is 0 Å². The summed E-state index contributed by atoms with van der Waals surface area (Å²) in [6.07, 6.45) is 0. The fraction of sp³-hybridized carbons (Fsp3) is 0.0909. The van der Waals surface area contributed by atoms with Gasteiger partial charge in [-0.3, -0.25) is 14.5 Å². The predicted octanol–water partition coefficient (Wildman–Crippen LogP) is 4.25. The molecule has 0 aliphatic heterocycles. The molecular weight excluding hydrogens is 342 g/mol. The molecular formula is C22H19NO4. The quantitative estimate of drug-likeness (QED) is 0.486. The molecule has 0 spiro atoms. The second-order valence-corrected chi connectivity index (χ2v) is 5.73. The number of benzene rings is 3. The SMILES string of the molecule is COc1ccc(N(C(=O)C(=O)c2ccccc2)c2ccc(OC)cc2)cc1. The van der Waals surface area contributed by atoms with Gasteiger partial charge in [-0.25, -0.2) is 0 Å². The summed E-state index contributed by atoms with van der Waals surface area (Å²) in [4.78, 5) is 27.2. The first-order valence-corrected chi connectivity index (χ1v) is 8.36. The minimum Gasteiger partial charge on any atom is -0.497 e. The molecule has 0 fully saturated rings. The minimum atomic E-state index is -0.642. The zero-order chi connectivity index (χ0) is 19.2. The average Bonchev–Trinajstić information content (AvgIpc) is 2.75. The average molecular weight is 361 g/mol. The molecule has 0 aliphatic carbocycles. The molecule has 27 heavy (non-hydrogen) atoms. The van der Waals surface area contributed by atoms with Crippen LogP contribution in [0, 0.1) is 0 Å². The van der Waals surface area contributed by atoms with Crippen molar-refractivity contribution >= 4 is 23.1 Å². The Kier molecular flexibility index (Phi) is 5.52. The second-order valence-electron chi connectivity index (χ2n) is 5.73. The van der Waals surface area contributed by atoms with E-state index in [4.69, 9.17) is 9.47 Å². The fourth-order valence-corrected chi connectivity index (χ4v) is 2.66. The Balaban J connectivity index is 2.02. The molecule has 5 nitrogen and oxygen atoms in total. The molecule has 5 heteroatoms. The number of hydrogen-bond acceptors (Lipinski definition) is 4. The molecule has 3 rings (SSSR count). The number of ketones is 1. The molecule has 0 unspecified atom stereocenters. The maximum Gasteiger partial charge on any atom is 0.303 e. The van der Waals surface area contributed by atoms with Gasteiger partial charge in [-0.2, -0.15) is 0 Å². The summed E-state index contributed by atoms with van der Waals surface area (Å²) in [6.45, 7) is 0. The topological polar surface area (TPSA) is 55.8 Å². The molecule has 1 amide bonds. The lowest BCUT2D eigenvalue weighted by atomic mass is 10.1. The number of Topliss-reactive ketones (excluding diaryl/α,β-unsaturated/α-hetero) is 1. The van der Waals surface area contributed by atoms with Crippen molar-refractivity contribution in [2.24, 2.45) is 0 Å². The van der Waals surface area contributed by atoms with E-state index in [0.29, 0.717) is 28.4 Å². The van der Waals surface area contributed by atoms with E-state index in [-0.39, 0.29) is 0 Å². The first-order valence-electron chi connectivity index (χ1n) is 8.36. The fourth-order valence-electron chi connectivity index (χ4n) is 2.66. The van der Waals surface area contributed by atoms with E-state index in [0.717, 1.165) is 0 Å². The number of hydrogen-bond donors (Lipinski definition) is 0. The number of methoxy groups -OCH3 is 2. The van der Waals surface area contributed by atoms with Gasteiger partial charge in [-0.15, -0.1) is 0 Å². The standard InChI is InChI=1S/C22H19NO4/c1-26-19-12-8-17(9-13-19)23(18-10-14-20(27-2)15-11-18)22(25)21(24)16-6-4-3-5-7-16/h3-15H,1-2H3. The number of anilines is 2. The lowest BCUT2D eigenvalue weighted by Crippen LogP contribution is -2.32. The zero-order valence-corrected chi connectivity index (χ0v) is 15.1. The number of rotatable bonds is 6. The smallest absolute Gasteiger partial charge is 0.303 e. The molecule has 0 radical (unpaired) electrons. The van der Waals surface area contributed by atoms with Crippen LogP contribution in [0.3, 0.4) is 0 Å². The Hall–Kier alpha value is -3.60. The van der Waals surface area contributed by atoms with Crippen LogP contribution >= 0.6 is 0 Å². The van der Waals surface area contributed by atoms with Crippen molar-refractivity contribution in [1.82, 2.24) is 0 Å². The van der Waals surface area contributed by atoms with Crippen LogP contribution in [0.5, 0.6) is 11.5 Å². The molecule has 0 saturated heterocycles. The lowest BCUT2D eigenvalue weighted by molar-refractivity contribution is -0.114. The van der Waals surface area contributed by atoms with Crippen LogP contribution in [0.25, 0.3) is 0 Å². The van der Waals surface area contributed by atoms with Crippen LogP contribution < -0.4 is 14.4 Å². The maximum absolute atomic E-state index is 13.1. The number of carbonyl (C=O) groups is 2. The summed E-state index contributed by atoms with van der Waals surface area (Å²) in [5.74, 6) is 0.101. The highest BCUT2D eigenvalue weighted by atomic mass is 16.5. The van der Waals surface area contributed by atoms with E-state index in [9.17, 15) is 9.59 Å². The van der Waals surface area contributed by atoms with Gasteiger partial charge < -0.3 is 9.47 Å². The molecule has 0 saturated carbocycles. The van der Waals surface area contributed by atoms with E-state index in [2.05, 4.69) is 0 Å². The van der Waals surface area contributed by atoms with Crippen LogP contribution in [0.15, 0.2) is 78.9 Å². The van der Waals surface area contributed by atoms with Crippen LogP contribution in [0.1, 0.15) is 10.4 Å². The first kappa shape index (κ1) is 18.2. The summed E-state index contributed by atoms with van der Waals surface area (Å²) >= 11 is 0. The Labute approximate surface area is 157 Å². The van der Waals surface area contributed by atoms with Gasteiger partial charge in [0.25, 0.3) is 5.78 Å². The summed E-state index contributed by atoms with van der Waals surface area (Å²) in [5.41, 5.74) is 1.47. The van der Waals surface area contributed by atoms with Crippen molar-refractivity contribution < 1.29 is 19.1 Å². The van der Waals surface area contributed by atoms with Crippen molar-refractivity contribution in [2.75, 3.05) is 19.1 Å². The summed E-state index contributed by atoms with van der Waals surface area (Å²) < 4.78 is 10.4. The van der Waals surface area contributed by atoms with E-state index >= 15 is 0 Å². The highest BCUT2D eigenvalue weighted by Gasteiger charge is 2.26. The Morgan fingerprint density at radius 1 is 0.667 bits per heavy atom. The molecule has 136 valence electrons. The molecule has 0 atom stereocenters. The number of amides is 1. The molecule has 0 aromatic heterocycles. The third-order valence-electron chi connectivity index (χ3n) is 4.09. The summed E-state index contributed by atoms with van der Waals surface area (Å²) in [6, 6.07) is 22.4. The number of carbonyl (C=O) groups excluding carboxylic acids is 2. The van der Waals surface area contributed by atoms with Crippen LogP contribution in [-0.4, -0.2) is 25.9 Å². The van der Waals surface area contributed by atoms with Crippen molar-refractivity contribution in [3.8, 4) is 11.5 Å². The summed E-state index contributed by atoms with van der Waals surface area (Å²) in [7, 11) is 3.14. The molecule has 0 N–H and O–H groups in total. The van der Waals surface area contributed by atoms with Crippen LogP contribution in [-0.2, 0) is 4.79 Å².